The molecule has 2 N–H and O–H groups in total. The summed E-state index contributed by atoms with van der Waals surface area (Å²) in [6.45, 7) is 3.27. The highest BCUT2D eigenvalue weighted by molar-refractivity contribution is 7.89. The fraction of sp³-hybridized carbons (Fsp3) is 0.353. The van der Waals surface area contributed by atoms with Crippen molar-refractivity contribution in [3.63, 3.8) is 0 Å². The van der Waals surface area contributed by atoms with E-state index in [1.165, 1.54) is 6.20 Å². The molecule has 0 radical (unpaired) electrons. The first-order chi connectivity index (χ1) is 12.6. The molecule has 9 heteroatoms. The molecule has 0 spiro atoms. The van der Waals surface area contributed by atoms with Crippen molar-refractivity contribution in [2.45, 2.75) is 11.4 Å². The van der Waals surface area contributed by atoms with Crippen LogP contribution in [0.1, 0.15) is 5.56 Å². The molecule has 3 heterocycles. The number of pyridine rings is 1. The predicted octanol–water partition coefficient (Wildman–Crippen LogP) is 0.544. The first-order valence-corrected chi connectivity index (χ1v) is 9.83. The van der Waals surface area contributed by atoms with Gasteiger partial charge >= 0.3 is 0 Å². The number of anilines is 1. The van der Waals surface area contributed by atoms with Crippen molar-refractivity contribution in [1.29, 1.82) is 0 Å². The Morgan fingerprint density at radius 2 is 1.88 bits per heavy atom. The second kappa shape index (κ2) is 7.10. The summed E-state index contributed by atoms with van der Waals surface area (Å²) < 4.78 is 43.5. The van der Waals surface area contributed by atoms with Crippen molar-refractivity contribution in [2.24, 2.45) is 0 Å². The molecule has 0 saturated carbocycles. The smallest absolute Gasteiger partial charge is 0.274 e. The summed E-state index contributed by atoms with van der Waals surface area (Å²) in [5.74, 6) is 2.18. The third-order valence-electron chi connectivity index (χ3n) is 4.33. The number of H-pyrrole nitrogens is 1. The van der Waals surface area contributed by atoms with Gasteiger partial charge in [-0.1, -0.05) is 6.07 Å². The first kappa shape index (κ1) is 17.1. The van der Waals surface area contributed by atoms with Crippen LogP contribution in [0.15, 0.2) is 41.4 Å². The largest absolute Gasteiger partial charge is 0.454 e. The van der Waals surface area contributed by atoms with Gasteiger partial charge in [-0.15, -0.1) is 0 Å². The van der Waals surface area contributed by atoms with Gasteiger partial charge in [-0.25, -0.2) is 18.1 Å². The van der Waals surface area contributed by atoms with E-state index < -0.39 is 10.0 Å². The molecule has 0 bridgehead atoms. The molecule has 8 nitrogen and oxygen atoms in total. The van der Waals surface area contributed by atoms with E-state index in [4.69, 9.17) is 14.2 Å². The lowest BCUT2D eigenvalue weighted by Gasteiger charge is -2.21. The monoisotopic (exact) mass is 378 g/mol. The maximum Gasteiger partial charge on any atom is 0.274 e. The van der Waals surface area contributed by atoms with E-state index in [2.05, 4.69) is 14.6 Å². The molecule has 4 rings (SSSR count). The highest BCUT2D eigenvalue weighted by Gasteiger charge is 2.21. The summed E-state index contributed by atoms with van der Waals surface area (Å²) in [5.41, 5.74) is 0.798. The number of ether oxygens (including phenoxy) is 3. The lowest BCUT2D eigenvalue weighted by molar-refractivity contribution is -0.367. The highest BCUT2D eigenvalue weighted by atomic mass is 32.2. The Morgan fingerprint density at radius 1 is 1.08 bits per heavy atom. The number of nitrogens with one attached hydrogen (secondary N) is 2. The van der Waals surface area contributed by atoms with Crippen molar-refractivity contribution < 1.29 is 27.6 Å². The van der Waals surface area contributed by atoms with Crippen LogP contribution in [-0.4, -0.2) is 41.5 Å². The number of hydrogen-bond acceptors (Lipinski definition) is 6. The Bertz CT molecular complexity index is 880. The molecule has 0 amide bonds. The first-order valence-electron chi connectivity index (χ1n) is 8.34. The average Bonchev–Trinajstić information content (AvgIpc) is 3.15. The van der Waals surface area contributed by atoms with E-state index in [1.54, 1.807) is 24.3 Å². The number of fused-ring (bicyclic) bond motifs is 1. The van der Waals surface area contributed by atoms with Gasteiger partial charge in [-0.3, -0.25) is 4.90 Å². The van der Waals surface area contributed by atoms with E-state index in [0.29, 0.717) is 24.7 Å². The van der Waals surface area contributed by atoms with Crippen molar-refractivity contribution in [1.82, 2.24) is 4.72 Å². The van der Waals surface area contributed by atoms with Gasteiger partial charge in [-0.2, -0.15) is 0 Å². The predicted molar refractivity (Wildman–Crippen MR) is 92.6 cm³/mol. The average molecular weight is 378 g/mol. The van der Waals surface area contributed by atoms with Crippen LogP contribution in [0, 0.1) is 0 Å². The number of morpholine rings is 1. The summed E-state index contributed by atoms with van der Waals surface area (Å²) in [6, 6.07) is 8.74. The quantitative estimate of drug-likeness (QED) is 0.817. The Hall–Kier alpha value is -2.36. The number of aromatic nitrogens is 1. The number of nitrogens with zero attached hydrogens (tertiary/aromatic N) is 1. The minimum Gasteiger partial charge on any atom is -0.454 e. The van der Waals surface area contributed by atoms with Crippen molar-refractivity contribution in [2.75, 3.05) is 38.0 Å². The van der Waals surface area contributed by atoms with Crippen LogP contribution >= 0.6 is 0 Å². The van der Waals surface area contributed by atoms with Crippen LogP contribution < -0.4 is 24.1 Å². The van der Waals surface area contributed by atoms with E-state index in [-0.39, 0.29) is 18.2 Å². The second-order valence-electron chi connectivity index (χ2n) is 6.02. The lowest BCUT2D eigenvalue weighted by Crippen LogP contribution is -2.39. The Kier molecular flexibility index (Phi) is 4.66. The van der Waals surface area contributed by atoms with Crippen LogP contribution in [-0.2, 0) is 21.3 Å². The van der Waals surface area contributed by atoms with Crippen LogP contribution in [0.5, 0.6) is 11.5 Å². The summed E-state index contributed by atoms with van der Waals surface area (Å²) in [6.07, 6.45) is 1.51. The normalized spacial score (nSPS) is 16.7. The molecule has 0 unspecified atom stereocenters. The fourth-order valence-electron chi connectivity index (χ4n) is 2.88. The molecule has 0 aliphatic carbocycles. The molecule has 1 saturated heterocycles. The zero-order valence-corrected chi connectivity index (χ0v) is 14.9. The molecule has 1 fully saturated rings. The number of rotatable bonds is 5. The van der Waals surface area contributed by atoms with Gasteiger partial charge in [-0.05, 0) is 23.8 Å². The van der Waals surface area contributed by atoms with Gasteiger partial charge in [0, 0.05) is 12.6 Å². The summed E-state index contributed by atoms with van der Waals surface area (Å²) in [4.78, 5) is 5.37. The molecule has 0 atom stereocenters. The molecule has 2 aliphatic rings. The molecular formula is C17H20N3O5S+. The SMILES string of the molecule is O=S(=O)(NCc1ccc2c(c1)OCO2)c1ccc(N2CCOCC2)[nH+]c1. The topological polar surface area (TPSA) is 91.2 Å². The van der Waals surface area contributed by atoms with Crippen LogP contribution in [0.2, 0.25) is 0 Å². The van der Waals surface area contributed by atoms with Gasteiger partial charge in [0.1, 0.15) is 24.2 Å². The van der Waals surface area contributed by atoms with Gasteiger partial charge in [0.05, 0.1) is 13.2 Å². The molecule has 26 heavy (non-hydrogen) atoms. The minimum atomic E-state index is -3.62. The highest BCUT2D eigenvalue weighted by Crippen LogP contribution is 2.32. The maximum absolute atomic E-state index is 12.5. The molecule has 2 aromatic rings. The number of aromatic amines is 1. The molecular weight excluding hydrogens is 358 g/mol. The third kappa shape index (κ3) is 3.59. The summed E-state index contributed by atoms with van der Waals surface area (Å²) >= 11 is 0. The molecule has 2 aliphatic heterocycles. The van der Waals surface area contributed by atoms with E-state index in [1.807, 2.05) is 6.07 Å². The van der Waals surface area contributed by atoms with Crippen molar-refractivity contribution in [3.05, 3.63) is 42.1 Å². The Balaban J connectivity index is 1.42. The second-order valence-corrected chi connectivity index (χ2v) is 7.79. The maximum atomic E-state index is 12.5. The zero-order chi connectivity index (χ0) is 18.0. The van der Waals surface area contributed by atoms with Gasteiger partial charge < -0.3 is 14.2 Å². The lowest BCUT2D eigenvalue weighted by atomic mass is 10.2. The van der Waals surface area contributed by atoms with E-state index in [0.717, 1.165) is 24.5 Å². The summed E-state index contributed by atoms with van der Waals surface area (Å²) in [7, 11) is -3.62. The molecule has 1 aromatic carbocycles. The van der Waals surface area contributed by atoms with Crippen LogP contribution in [0.25, 0.3) is 0 Å². The molecule has 138 valence electrons. The molecule has 1 aromatic heterocycles. The fourth-order valence-corrected chi connectivity index (χ4v) is 3.87. The number of benzene rings is 1. The van der Waals surface area contributed by atoms with Gasteiger partial charge in [0.25, 0.3) is 5.82 Å². The van der Waals surface area contributed by atoms with E-state index in [9.17, 15) is 8.42 Å². The number of hydrogen-bond donors (Lipinski definition) is 1. The van der Waals surface area contributed by atoms with Crippen molar-refractivity contribution >= 4 is 15.8 Å². The third-order valence-corrected chi connectivity index (χ3v) is 5.73. The Morgan fingerprint density at radius 3 is 2.65 bits per heavy atom. The van der Waals surface area contributed by atoms with E-state index >= 15 is 0 Å². The van der Waals surface area contributed by atoms with Crippen LogP contribution in [0.4, 0.5) is 5.82 Å². The standard InChI is InChI=1S/C17H19N3O5S/c21-26(22,19-10-13-1-3-15-16(9-13)25-12-24-15)14-2-4-17(18-11-14)20-5-7-23-8-6-20/h1-4,9,11,19H,5-8,10,12H2/p+1. The summed E-state index contributed by atoms with van der Waals surface area (Å²) in [5, 5.41) is 0. The van der Waals surface area contributed by atoms with Gasteiger partial charge in [0.15, 0.2) is 11.5 Å². The van der Waals surface area contributed by atoms with Gasteiger partial charge in [0.2, 0.25) is 16.8 Å². The number of sulfonamides is 1. The zero-order valence-electron chi connectivity index (χ0n) is 14.1. The van der Waals surface area contributed by atoms with Crippen molar-refractivity contribution in [3.8, 4) is 11.5 Å². The van der Waals surface area contributed by atoms with Crippen LogP contribution in [0.3, 0.4) is 0 Å². The Labute approximate surface area is 151 Å². The minimum absolute atomic E-state index is 0.171.